The summed E-state index contributed by atoms with van der Waals surface area (Å²) in [5, 5.41) is 29.6. The molecular formula is C15H25NO5. The molecule has 6 nitrogen and oxygen atoms in total. The average molecular weight is 299 g/mol. The molecule has 0 spiro atoms. The third kappa shape index (κ3) is 2.73. The van der Waals surface area contributed by atoms with Crippen molar-refractivity contribution in [3.05, 3.63) is 11.6 Å². The quantitative estimate of drug-likeness (QED) is 0.476. The van der Waals surface area contributed by atoms with Crippen LogP contribution < -0.4 is 0 Å². The highest BCUT2D eigenvalue weighted by atomic mass is 16.6. The maximum absolute atomic E-state index is 12.4. The van der Waals surface area contributed by atoms with Crippen LogP contribution in [-0.2, 0) is 9.53 Å². The van der Waals surface area contributed by atoms with Crippen LogP contribution in [0.3, 0.4) is 0 Å². The van der Waals surface area contributed by atoms with E-state index in [1.165, 1.54) is 6.92 Å². The fourth-order valence-electron chi connectivity index (χ4n) is 3.26. The standard InChI is InChI=1S/C15H25NO5/c1-9(2)15(20,10(3)18)14(19)21-12-5-7-16-6-4-11(8-17)13(12)16/h4,9-10,12-13,17-18,20H,5-8H2,1-3H3/t10-,12+,13+,15-/m0/s1. The van der Waals surface area contributed by atoms with Gasteiger partial charge in [-0.3, -0.25) is 4.90 Å². The summed E-state index contributed by atoms with van der Waals surface area (Å²) in [6, 6.07) is -0.107. The zero-order valence-electron chi connectivity index (χ0n) is 12.8. The molecule has 2 heterocycles. The molecular weight excluding hydrogens is 274 g/mol. The summed E-state index contributed by atoms with van der Waals surface area (Å²) in [6.45, 7) is 6.21. The van der Waals surface area contributed by atoms with Crippen LogP contribution in [-0.4, -0.2) is 69.7 Å². The van der Waals surface area contributed by atoms with E-state index in [0.717, 1.165) is 18.7 Å². The Labute approximate surface area is 125 Å². The maximum atomic E-state index is 12.4. The molecule has 2 aliphatic rings. The fraction of sp³-hybridized carbons (Fsp3) is 0.800. The summed E-state index contributed by atoms with van der Waals surface area (Å²) in [4.78, 5) is 14.5. The Morgan fingerprint density at radius 1 is 1.52 bits per heavy atom. The summed E-state index contributed by atoms with van der Waals surface area (Å²) in [5.74, 6) is -1.25. The van der Waals surface area contributed by atoms with Gasteiger partial charge in [0.25, 0.3) is 0 Å². The molecule has 0 aromatic heterocycles. The number of aliphatic hydroxyl groups excluding tert-OH is 2. The maximum Gasteiger partial charge on any atom is 0.341 e. The molecule has 0 saturated carbocycles. The monoisotopic (exact) mass is 299 g/mol. The molecule has 1 saturated heterocycles. The number of aliphatic hydroxyl groups is 3. The Bertz CT molecular complexity index is 424. The number of carbonyl (C=O) groups is 1. The van der Waals surface area contributed by atoms with Gasteiger partial charge < -0.3 is 20.1 Å². The normalized spacial score (nSPS) is 30.0. The number of ether oxygens (including phenoxy) is 1. The van der Waals surface area contributed by atoms with Gasteiger partial charge >= 0.3 is 5.97 Å². The SMILES string of the molecule is CC(C)[C@@](O)(C(=O)O[C@@H]1CCN2CC=C(CO)[C@H]12)[C@H](C)O. The fourth-order valence-corrected chi connectivity index (χ4v) is 3.26. The molecule has 4 atom stereocenters. The predicted molar refractivity (Wildman–Crippen MR) is 76.5 cm³/mol. The number of nitrogens with zero attached hydrogens (tertiary/aromatic N) is 1. The van der Waals surface area contributed by atoms with Gasteiger partial charge in [-0.1, -0.05) is 19.9 Å². The van der Waals surface area contributed by atoms with E-state index in [-0.39, 0.29) is 18.8 Å². The van der Waals surface area contributed by atoms with E-state index in [1.807, 2.05) is 6.08 Å². The number of hydrogen-bond acceptors (Lipinski definition) is 6. The van der Waals surface area contributed by atoms with Crippen molar-refractivity contribution in [3.8, 4) is 0 Å². The molecule has 0 aromatic rings. The lowest BCUT2D eigenvalue weighted by molar-refractivity contribution is -0.190. The zero-order valence-corrected chi connectivity index (χ0v) is 12.8. The number of esters is 1. The van der Waals surface area contributed by atoms with Crippen molar-refractivity contribution in [1.82, 2.24) is 4.90 Å². The van der Waals surface area contributed by atoms with Crippen molar-refractivity contribution in [2.75, 3.05) is 19.7 Å². The van der Waals surface area contributed by atoms with E-state index in [0.29, 0.717) is 6.42 Å². The number of hydrogen-bond donors (Lipinski definition) is 3. The van der Waals surface area contributed by atoms with Gasteiger partial charge in [-0.2, -0.15) is 0 Å². The molecule has 1 fully saturated rings. The van der Waals surface area contributed by atoms with Crippen molar-refractivity contribution in [1.29, 1.82) is 0 Å². The Morgan fingerprint density at radius 2 is 2.19 bits per heavy atom. The zero-order chi connectivity index (χ0) is 15.8. The Morgan fingerprint density at radius 3 is 2.71 bits per heavy atom. The molecule has 0 bridgehead atoms. The van der Waals surface area contributed by atoms with Crippen molar-refractivity contribution in [2.24, 2.45) is 5.92 Å². The van der Waals surface area contributed by atoms with Crippen molar-refractivity contribution >= 4 is 5.97 Å². The summed E-state index contributed by atoms with van der Waals surface area (Å²) >= 11 is 0. The summed E-state index contributed by atoms with van der Waals surface area (Å²) < 4.78 is 5.50. The molecule has 2 rings (SSSR count). The van der Waals surface area contributed by atoms with Crippen molar-refractivity contribution < 1.29 is 24.9 Å². The minimum absolute atomic E-state index is 0.0555. The van der Waals surface area contributed by atoms with Gasteiger partial charge in [-0.15, -0.1) is 0 Å². The van der Waals surface area contributed by atoms with Crippen molar-refractivity contribution in [3.63, 3.8) is 0 Å². The molecule has 0 aromatic carbocycles. The third-order valence-electron chi connectivity index (χ3n) is 4.70. The average Bonchev–Trinajstić information content (AvgIpc) is 2.99. The van der Waals surface area contributed by atoms with Gasteiger partial charge in [0.1, 0.15) is 6.10 Å². The van der Waals surface area contributed by atoms with E-state index in [9.17, 15) is 20.1 Å². The van der Waals surface area contributed by atoms with Gasteiger partial charge in [-0.05, 0) is 24.8 Å². The number of fused-ring (bicyclic) bond motifs is 1. The largest absolute Gasteiger partial charge is 0.458 e. The molecule has 0 aliphatic carbocycles. The lowest BCUT2D eigenvalue weighted by Gasteiger charge is -2.34. The van der Waals surface area contributed by atoms with Crippen LogP contribution >= 0.6 is 0 Å². The Balaban J connectivity index is 2.11. The van der Waals surface area contributed by atoms with Crippen LogP contribution in [0.25, 0.3) is 0 Å². The molecule has 120 valence electrons. The smallest absolute Gasteiger partial charge is 0.341 e. The molecule has 0 amide bonds. The van der Waals surface area contributed by atoms with E-state index >= 15 is 0 Å². The first kappa shape index (κ1) is 16.4. The van der Waals surface area contributed by atoms with Gasteiger partial charge in [0.2, 0.25) is 0 Å². The number of carbonyl (C=O) groups excluding carboxylic acids is 1. The molecule has 6 heteroatoms. The van der Waals surface area contributed by atoms with Crippen LogP contribution in [0.4, 0.5) is 0 Å². The van der Waals surface area contributed by atoms with Crippen LogP contribution in [0.5, 0.6) is 0 Å². The lowest BCUT2D eigenvalue weighted by Crippen LogP contribution is -2.54. The molecule has 0 unspecified atom stereocenters. The first-order valence-electron chi connectivity index (χ1n) is 7.47. The molecule has 21 heavy (non-hydrogen) atoms. The highest BCUT2D eigenvalue weighted by molar-refractivity contribution is 5.80. The van der Waals surface area contributed by atoms with E-state index < -0.39 is 23.6 Å². The molecule has 3 N–H and O–H groups in total. The highest BCUT2D eigenvalue weighted by Crippen LogP contribution is 2.33. The highest BCUT2D eigenvalue weighted by Gasteiger charge is 2.49. The summed E-state index contributed by atoms with van der Waals surface area (Å²) in [6.07, 6.45) is 1.02. The van der Waals surface area contributed by atoms with E-state index in [2.05, 4.69) is 4.90 Å². The molecule has 2 aliphatic heterocycles. The second kappa shape index (κ2) is 6.04. The van der Waals surface area contributed by atoms with Crippen molar-refractivity contribution in [2.45, 2.75) is 51.0 Å². The lowest BCUT2D eigenvalue weighted by atomic mass is 9.85. The second-order valence-electron chi connectivity index (χ2n) is 6.27. The van der Waals surface area contributed by atoms with E-state index in [1.54, 1.807) is 13.8 Å². The molecule has 0 radical (unpaired) electrons. The van der Waals surface area contributed by atoms with Crippen LogP contribution in [0, 0.1) is 5.92 Å². The Hall–Kier alpha value is -0.950. The summed E-state index contributed by atoms with van der Waals surface area (Å²) in [5.41, 5.74) is -1.05. The first-order valence-corrected chi connectivity index (χ1v) is 7.47. The third-order valence-corrected chi connectivity index (χ3v) is 4.70. The minimum atomic E-state index is -1.91. The second-order valence-corrected chi connectivity index (χ2v) is 6.27. The van der Waals surface area contributed by atoms with Crippen LogP contribution in [0.15, 0.2) is 11.6 Å². The van der Waals surface area contributed by atoms with Crippen LogP contribution in [0.1, 0.15) is 27.2 Å². The minimum Gasteiger partial charge on any atom is -0.458 e. The number of rotatable bonds is 5. The van der Waals surface area contributed by atoms with E-state index in [4.69, 9.17) is 4.74 Å². The Kier molecular flexibility index (Phi) is 4.72. The topological polar surface area (TPSA) is 90.2 Å². The van der Waals surface area contributed by atoms with Crippen LogP contribution in [0.2, 0.25) is 0 Å². The van der Waals surface area contributed by atoms with Gasteiger partial charge in [-0.25, -0.2) is 4.79 Å². The van der Waals surface area contributed by atoms with Gasteiger partial charge in [0.05, 0.1) is 18.8 Å². The summed E-state index contributed by atoms with van der Waals surface area (Å²) in [7, 11) is 0. The van der Waals surface area contributed by atoms with Gasteiger partial charge in [0.15, 0.2) is 5.60 Å². The van der Waals surface area contributed by atoms with Gasteiger partial charge in [0, 0.05) is 13.1 Å². The first-order chi connectivity index (χ1) is 9.82. The predicted octanol–water partition coefficient (Wildman–Crippen LogP) is -0.327.